The second-order valence-corrected chi connectivity index (χ2v) is 16.3. The van der Waals surface area contributed by atoms with Gasteiger partial charge < -0.3 is 0 Å². The lowest BCUT2D eigenvalue weighted by Gasteiger charge is -2.14. The van der Waals surface area contributed by atoms with Crippen LogP contribution >= 0.6 is 0 Å². The van der Waals surface area contributed by atoms with E-state index in [9.17, 15) is 0 Å². The third-order valence-electron chi connectivity index (χ3n) is 12.5. The van der Waals surface area contributed by atoms with Crippen LogP contribution in [0.5, 0.6) is 0 Å². The average Bonchev–Trinajstić information content (AvgIpc) is 4.05. The molecular weight excluding hydrogens is 795 g/mol. The fourth-order valence-corrected chi connectivity index (χ4v) is 9.53. The van der Waals surface area contributed by atoms with E-state index in [1.807, 2.05) is 12.1 Å². The molecule has 0 bridgehead atoms. The second kappa shape index (κ2) is 14.9. The maximum atomic E-state index is 5.50. The molecule has 0 aliphatic carbocycles. The fraction of sp³-hybridized carbons (Fsp3) is 0. The number of nitrogens with zero attached hydrogens (tertiary/aromatic N) is 7. The quantitative estimate of drug-likeness (QED) is 0.160. The van der Waals surface area contributed by atoms with E-state index in [-0.39, 0.29) is 0 Å². The number of fused-ring (bicyclic) bond motifs is 7. The summed E-state index contributed by atoms with van der Waals surface area (Å²) in [7, 11) is 0. The molecule has 0 spiro atoms. The molecule has 304 valence electrons. The molecule has 7 nitrogen and oxygen atoms in total. The predicted octanol–water partition coefficient (Wildman–Crippen LogP) is 14.1. The van der Waals surface area contributed by atoms with Gasteiger partial charge in [0.2, 0.25) is 11.9 Å². The summed E-state index contributed by atoms with van der Waals surface area (Å²) in [4.78, 5) is 21.6. The Morgan fingerprint density at radius 2 is 0.723 bits per heavy atom. The molecule has 4 aromatic heterocycles. The zero-order valence-corrected chi connectivity index (χ0v) is 35.0. The van der Waals surface area contributed by atoms with Gasteiger partial charge in [-0.2, -0.15) is 15.0 Å². The molecule has 0 amide bonds. The van der Waals surface area contributed by atoms with Crippen LogP contribution in [0.4, 0.5) is 0 Å². The van der Waals surface area contributed by atoms with Gasteiger partial charge in [-0.15, -0.1) is 0 Å². The van der Waals surface area contributed by atoms with Crippen molar-refractivity contribution in [3.8, 4) is 62.6 Å². The Morgan fingerprint density at radius 1 is 0.262 bits per heavy atom. The molecular formula is C58H37N7. The molecule has 0 unspecified atom stereocenters. The predicted molar refractivity (Wildman–Crippen MR) is 265 cm³/mol. The molecule has 9 aromatic carbocycles. The van der Waals surface area contributed by atoms with Gasteiger partial charge in [0.15, 0.2) is 5.82 Å². The number of hydrogen-bond donors (Lipinski definition) is 0. The number of imidazole rings is 1. The van der Waals surface area contributed by atoms with Crippen molar-refractivity contribution in [2.24, 2.45) is 0 Å². The molecule has 13 rings (SSSR count). The molecule has 7 heteroatoms. The molecule has 13 aromatic rings. The van der Waals surface area contributed by atoms with E-state index in [2.05, 4.69) is 226 Å². The van der Waals surface area contributed by atoms with E-state index in [1.165, 1.54) is 0 Å². The first-order valence-electron chi connectivity index (χ1n) is 21.8. The van der Waals surface area contributed by atoms with Gasteiger partial charge in [0, 0.05) is 38.4 Å². The van der Waals surface area contributed by atoms with E-state index in [4.69, 9.17) is 19.9 Å². The SMILES string of the molecule is c1ccc(-c2ccc3c4ccccc4n(-c4nc(-c5cccc(-n6c(-c7ccccc7)nc7ccccc76)c5)nc(-n5c6ccccc6c6ccc(-c7ccccc7)cc65)n4)c3c2)cc1. The molecule has 4 heterocycles. The van der Waals surface area contributed by atoms with Crippen molar-refractivity contribution in [3.63, 3.8) is 0 Å². The summed E-state index contributed by atoms with van der Waals surface area (Å²) >= 11 is 0. The fourth-order valence-electron chi connectivity index (χ4n) is 9.53. The minimum atomic E-state index is 0.523. The minimum Gasteiger partial charge on any atom is -0.292 e. The van der Waals surface area contributed by atoms with Gasteiger partial charge in [0.05, 0.1) is 33.1 Å². The monoisotopic (exact) mass is 831 g/mol. The Kier molecular flexibility index (Phi) is 8.39. The molecule has 65 heavy (non-hydrogen) atoms. The standard InChI is InChI=1S/C58H37N7/c1-4-17-38(18-5-1)41-31-33-47-45-25-10-13-28-50(45)64(53(47)36-41)57-60-55(43-23-16-24-44(35-43)63-52-30-15-12-27-49(52)59-56(63)40-21-8-3-9-22-40)61-58(62-57)65-51-29-14-11-26-46(51)48-34-32-42(37-54(48)65)39-19-6-2-7-20-39/h1-37H. The number of rotatable bonds is 7. The van der Waals surface area contributed by atoms with Crippen LogP contribution in [-0.2, 0) is 0 Å². The van der Waals surface area contributed by atoms with Gasteiger partial charge in [0.1, 0.15) is 5.82 Å². The highest BCUT2D eigenvalue weighted by Crippen LogP contribution is 2.38. The number of aromatic nitrogens is 7. The van der Waals surface area contributed by atoms with E-state index < -0.39 is 0 Å². The van der Waals surface area contributed by atoms with Gasteiger partial charge >= 0.3 is 0 Å². The Hall–Kier alpha value is -8.94. The summed E-state index contributed by atoms with van der Waals surface area (Å²) < 4.78 is 6.64. The highest BCUT2D eigenvalue weighted by atomic mass is 15.3. The van der Waals surface area contributed by atoms with Crippen LogP contribution in [0.1, 0.15) is 0 Å². The van der Waals surface area contributed by atoms with Crippen molar-refractivity contribution in [3.05, 3.63) is 224 Å². The summed E-state index contributed by atoms with van der Waals surface area (Å²) in [5, 5.41) is 4.49. The molecule has 0 fully saturated rings. The van der Waals surface area contributed by atoms with Crippen LogP contribution < -0.4 is 0 Å². The van der Waals surface area contributed by atoms with Crippen LogP contribution in [0, 0.1) is 0 Å². The van der Waals surface area contributed by atoms with E-state index in [0.717, 1.165) is 99.5 Å². The van der Waals surface area contributed by atoms with Crippen LogP contribution in [0.2, 0.25) is 0 Å². The second-order valence-electron chi connectivity index (χ2n) is 16.3. The molecule has 0 aliphatic heterocycles. The largest absolute Gasteiger partial charge is 0.292 e. The maximum Gasteiger partial charge on any atom is 0.240 e. The van der Waals surface area contributed by atoms with Crippen LogP contribution in [0.15, 0.2) is 224 Å². The Bertz CT molecular complexity index is 3760. The van der Waals surface area contributed by atoms with Crippen LogP contribution in [0.3, 0.4) is 0 Å². The molecule has 0 atom stereocenters. The van der Waals surface area contributed by atoms with E-state index in [1.54, 1.807) is 0 Å². The van der Waals surface area contributed by atoms with Gasteiger partial charge in [0.25, 0.3) is 0 Å². The van der Waals surface area contributed by atoms with Gasteiger partial charge in [-0.05, 0) is 70.8 Å². The lowest BCUT2D eigenvalue weighted by molar-refractivity contribution is 0.892. The molecule has 0 saturated heterocycles. The van der Waals surface area contributed by atoms with E-state index in [0.29, 0.717) is 17.7 Å². The first-order chi connectivity index (χ1) is 32.2. The Labute approximate surface area is 373 Å². The summed E-state index contributed by atoms with van der Waals surface area (Å²) in [5.74, 6) is 2.46. The first-order valence-corrected chi connectivity index (χ1v) is 21.8. The lowest BCUT2D eigenvalue weighted by Crippen LogP contribution is -2.10. The Balaban J connectivity index is 1.10. The summed E-state index contributed by atoms with van der Waals surface area (Å²) in [5.41, 5.74) is 13.3. The topological polar surface area (TPSA) is 66.3 Å². The highest BCUT2D eigenvalue weighted by Gasteiger charge is 2.22. The normalized spacial score (nSPS) is 11.7. The third kappa shape index (κ3) is 6.05. The summed E-state index contributed by atoms with van der Waals surface area (Å²) in [6.45, 7) is 0. The zero-order valence-electron chi connectivity index (χ0n) is 35.0. The number of benzene rings is 9. The molecule has 0 saturated carbocycles. The number of hydrogen-bond acceptors (Lipinski definition) is 4. The minimum absolute atomic E-state index is 0.523. The van der Waals surface area contributed by atoms with Crippen molar-refractivity contribution in [2.45, 2.75) is 0 Å². The van der Waals surface area contributed by atoms with E-state index >= 15 is 0 Å². The first kappa shape index (κ1) is 36.7. The van der Waals surface area contributed by atoms with Crippen molar-refractivity contribution >= 4 is 54.6 Å². The lowest BCUT2D eigenvalue weighted by atomic mass is 10.0. The molecule has 0 N–H and O–H groups in total. The highest BCUT2D eigenvalue weighted by molar-refractivity contribution is 6.11. The maximum absolute atomic E-state index is 5.50. The number of para-hydroxylation sites is 4. The van der Waals surface area contributed by atoms with Crippen molar-refractivity contribution in [1.82, 2.24) is 33.6 Å². The third-order valence-corrected chi connectivity index (χ3v) is 12.5. The summed E-state index contributed by atoms with van der Waals surface area (Å²) in [6, 6.07) is 78.6. The zero-order chi connectivity index (χ0) is 42.8. The van der Waals surface area contributed by atoms with Gasteiger partial charge in [-0.1, -0.05) is 176 Å². The van der Waals surface area contributed by atoms with Crippen molar-refractivity contribution < 1.29 is 0 Å². The average molecular weight is 832 g/mol. The van der Waals surface area contributed by atoms with Gasteiger partial charge in [-0.3, -0.25) is 13.7 Å². The van der Waals surface area contributed by atoms with Crippen molar-refractivity contribution in [1.29, 1.82) is 0 Å². The molecule has 0 aliphatic rings. The van der Waals surface area contributed by atoms with Gasteiger partial charge in [-0.25, -0.2) is 4.98 Å². The smallest absolute Gasteiger partial charge is 0.240 e. The van der Waals surface area contributed by atoms with Crippen molar-refractivity contribution in [2.75, 3.05) is 0 Å². The summed E-state index contributed by atoms with van der Waals surface area (Å²) in [6.07, 6.45) is 0. The van der Waals surface area contributed by atoms with Crippen LogP contribution in [-0.4, -0.2) is 33.6 Å². The molecule has 0 radical (unpaired) electrons. The Morgan fingerprint density at radius 3 is 1.29 bits per heavy atom. The van der Waals surface area contributed by atoms with Crippen LogP contribution in [0.25, 0.3) is 117 Å².